The van der Waals surface area contributed by atoms with E-state index in [4.69, 9.17) is 9.84 Å². The van der Waals surface area contributed by atoms with E-state index in [1.165, 1.54) is 11.3 Å². The third-order valence-corrected chi connectivity index (χ3v) is 7.38. The molecule has 0 spiro atoms. The molecule has 2 aromatic carbocycles. The second kappa shape index (κ2) is 10.4. The first kappa shape index (κ1) is 23.3. The summed E-state index contributed by atoms with van der Waals surface area (Å²) in [5.41, 5.74) is 2.97. The first-order chi connectivity index (χ1) is 17.1. The number of hydrogen-bond donors (Lipinski definition) is 0. The molecule has 2 amide bonds. The summed E-state index contributed by atoms with van der Waals surface area (Å²) in [5, 5.41) is 8.34. The molecule has 0 N–H and O–H groups in total. The summed E-state index contributed by atoms with van der Waals surface area (Å²) >= 11 is 1.46. The Kier molecular flexibility index (Phi) is 6.92. The standard InChI is InChI=1S/C27H28N4O3S/c1-34-22-11-9-21(10-12-22)24-18-23(20-6-3-2-4-7-20)28-31(24)26(32)19-29-13-15-30(16-14-29)27(33)25-8-5-17-35-25/h2-12,17,24H,13-16,18-19H2,1H3/t24-/m1/s1. The first-order valence-corrected chi connectivity index (χ1v) is 12.6. The van der Waals surface area contributed by atoms with Gasteiger partial charge < -0.3 is 9.64 Å². The monoisotopic (exact) mass is 488 g/mol. The summed E-state index contributed by atoms with van der Waals surface area (Å²) in [5.74, 6) is 0.820. The van der Waals surface area contributed by atoms with Crippen LogP contribution in [0, 0.1) is 0 Å². The predicted molar refractivity (Wildman–Crippen MR) is 137 cm³/mol. The molecule has 1 atom stereocenters. The first-order valence-electron chi connectivity index (χ1n) is 11.8. The highest BCUT2D eigenvalue weighted by Gasteiger charge is 2.34. The fraction of sp³-hybridized carbons (Fsp3) is 0.296. The molecule has 3 heterocycles. The molecule has 5 rings (SSSR count). The number of hydrazone groups is 1. The van der Waals surface area contributed by atoms with Gasteiger partial charge >= 0.3 is 0 Å². The molecule has 7 nitrogen and oxygen atoms in total. The van der Waals surface area contributed by atoms with Gasteiger partial charge in [0.25, 0.3) is 11.8 Å². The Bertz CT molecular complexity index is 1190. The van der Waals surface area contributed by atoms with Crippen molar-refractivity contribution in [2.45, 2.75) is 12.5 Å². The van der Waals surface area contributed by atoms with Gasteiger partial charge in [0.15, 0.2) is 0 Å². The maximum atomic E-state index is 13.5. The van der Waals surface area contributed by atoms with Gasteiger partial charge in [0, 0.05) is 32.6 Å². The largest absolute Gasteiger partial charge is 0.497 e. The van der Waals surface area contributed by atoms with E-state index in [2.05, 4.69) is 4.90 Å². The second-order valence-electron chi connectivity index (χ2n) is 8.69. The van der Waals surface area contributed by atoms with Crippen LogP contribution in [0.1, 0.15) is 33.3 Å². The third kappa shape index (κ3) is 5.13. The van der Waals surface area contributed by atoms with Gasteiger partial charge in [-0.1, -0.05) is 48.5 Å². The van der Waals surface area contributed by atoms with Crippen LogP contribution in [-0.2, 0) is 4.79 Å². The summed E-state index contributed by atoms with van der Waals surface area (Å²) in [6, 6.07) is 21.4. The van der Waals surface area contributed by atoms with Gasteiger partial charge in [0.1, 0.15) is 5.75 Å². The van der Waals surface area contributed by atoms with E-state index >= 15 is 0 Å². The van der Waals surface area contributed by atoms with Crippen molar-refractivity contribution in [1.82, 2.24) is 14.8 Å². The van der Waals surface area contributed by atoms with Crippen molar-refractivity contribution < 1.29 is 14.3 Å². The molecule has 2 aliphatic rings. The second-order valence-corrected chi connectivity index (χ2v) is 9.64. The number of nitrogens with zero attached hydrogens (tertiary/aromatic N) is 4. The van der Waals surface area contributed by atoms with Crippen molar-refractivity contribution in [1.29, 1.82) is 0 Å². The van der Waals surface area contributed by atoms with Crippen molar-refractivity contribution in [2.75, 3.05) is 39.8 Å². The zero-order valence-electron chi connectivity index (χ0n) is 19.7. The van der Waals surface area contributed by atoms with Gasteiger partial charge in [-0.3, -0.25) is 14.5 Å². The molecule has 3 aromatic rings. The molecule has 1 aromatic heterocycles. The fourth-order valence-electron chi connectivity index (χ4n) is 4.56. The lowest BCUT2D eigenvalue weighted by Gasteiger charge is -2.35. The van der Waals surface area contributed by atoms with Crippen LogP contribution in [-0.4, -0.2) is 72.2 Å². The Morgan fingerprint density at radius 1 is 0.971 bits per heavy atom. The minimum absolute atomic E-state index is 0.0326. The average molecular weight is 489 g/mol. The van der Waals surface area contributed by atoms with Crippen molar-refractivity contribution in [2.24, 2.45) is 5.10 Å². The Labute approximate surface area is 209 Å². The van der Waals surface area contributed by atoms with Crippen LogP contribution in [0.4, 0.5) is 0 Å². The van der Waals surface area contributed by atoms with E-state index < -0.39 is 0 Å². The molecule has 1 fully saturated rings. The highest BCUT2D eigenvalue weighted by atomic mass is 32.1. The van der Waals surface area contributed by atoms with E-state index in [0.717, 1.165) is 27.5 Å². The predicted octanol–water partition coefficient (Wildman–Crippen LogP) is 3.89. The molecular formula is C27H28N4O3S. The summed E-state index contributed by atoms with van der Waals surface area (Å²) < 4.78 is 5.30. The van der Waals surface area contributed by atoms with Gasteiger partial charge in [-0.2, -0.15) is 5.10 Å². The lowest BCUT2D eigenvalue weighted by atomic mass is 9.98. The molecule has 0 radical (unpaired) electrons. The lowest BCUT2D eigenvalue weighted by molar-refractivity contribution is -0.134. The summed E-state index contributed by atoms with van der Waals surface area (Å²) in [6.07, 6.45) is 0.658. The molecule has 180 valence electrons. The van der Waals surface area contributed by atoms with Crippen molar-refractivity contribution in [3.63, 3.8) is 0 Å². The summed E-state index contributed by atoms with van der Waals surface area (Å²) in [7, 11) is 1.64. The molecule has 0 saturated carbocycles. The number of piperazine rings is 1. The van der Waals surface area contributed by atoms with E-state index in [0.29, 0.717) is 32.6 Å². The van der Waals surface area contributed by atoms with Gasteiger partial charge in [-0.15, -0.1) is 11.3 Å². The molecule has 35 heavy (non-hydrogen) atoms. The zero-order chi connectivity index (χ0) is 24.2. The zero-order valence-corrected chi connectivity index (χ0v) is 20.5. The Morgan fingerprint density at radius 2 is 1.71 bits per heavy atom. The number of carbonyl (C=O) groups is 2. The topological polar surface area (TPSA) is 65.5 Å². The van der Waals surface area contributed by atoms with Crippen LogP contribution >= 0.6 is 11.3 Å². The normalized spacial score (nSPS) is 18.4. The van der Waals surface area contributed by atoms with Crippen molar-refractivity contribution >= 4 is 28.9 Å². The Hall–Kier alpha value is -3.49. The van der Waals surface area contributed by atoms with Gasteiger partial charge in [-0.05, 0) is 34.7 Å². The molecule has 0 bridgehead atoms. The molecule has 2 aliphatic heterocycles. The maximum absolute atomic E-state index is 13.5. The van der Waals surface area contributed by atoms with Crippen molar-refractivity contribution in [3.05, 3.63) is 88.1 Å². The minimum Gasteiger partial charge on any atom is -0.497 e. The molecule has 0 aliphatic carbocycles. The summed E-state index contributed by atoms with van der Waals surface area (Å²) in [4.78, 5) is 30.8. The highest BCUT2D eigenvalue weighted by molar-refractivity contribution is 7.12. The summed E-state index contributed by atoms with van der Waals surface area (Å²) in [6.45, 7) is 2.84. The smallest absolute Gasteiger partial charge is 0.264 e. The van der Waals surface area contributed by atoms with E-state index in [9.17, 15) is 9.59 Å². The van der Waals surface area contributed by atoms with Crippen LogP contribution in [0.2, 0.25) is 0 Å². The fourth-order valence-corrected chi connectivity index (χ4v) is 5.25. The van der Waals surface area contributed by atoms with E-state index in [1.54, 1.807) is 12.1 Å². The van der Waals surface area contributed by atoms with Crippen LogP contribution in [0.3, 0.4) is 0 Å². The number of hydrogen-bond acceptors (Lipinski definition) is 6. The molecule has 1 saturated heterocycles. The van der Waals surface area contributed by atoms with Crippen LogP contribution in [0.5, 0.6) is 5.75 Å². The van der Waals surface area contributed by atoms with Crippen LogP contribution in [0.15, 0.2) is 77.2 Å². The lowest BCUT2D eigenvalue weighted by Crippen LogP contribution is -2.51. The SMILES string of the molecule is COc1ccc([C@H]2CC(c3ccccc3)=NN2C(=O)CN2CCN(C(=O)c3cccs3)CC2)cc1. The number of methoxy groups -OCH3 is 1. The number of rotatable bonds is 6. The molecule has 0 unspecified atom stereocenters. The van der Waals surface area contributed by atoms with Gasteiger partial charge in [0.05, 0.1) is 30.3 Å². The highest BCUT2D eigenvalue weighted by Crippen LogP contribution is 2.33. The minimum atomic E-state index is -0.162. The Balaban J connectivity index is 1.28. The van der Waals surface area contributed by atoms with E-state index in [-0.39, 0.29) is 24.4 Å². The molecular weight excluding hydrogens is 460 g/mol. The van der Waals surface area contributed by atoms with E-state index in [1.807, 2.05) is 77.0 Å². The van der Waals surface area contributed by atoms with Gasteiger partial charge in [-0.25, -0.2) is 5.01 Å². The maximum Gasteiger partial charge on any atom is 0.264 e. The molecule has 8 heteroatoms. The number of thiophene rings is 1. The van der Waals surface area contributed by atoms with Crippen LogP contribution < -0.4 is 4.74 Å². The number of benzene rings is 2. The van der Waals surface area contributed by atoms with Crippen molar-refractivity contribution in [3.8, 4) is 5.75 Å². The van der Waals surface area contributed by atoms with Crippen LogP contribution in [0.25, 0.3) is 0 Å². The number of ether oxygens (including phenoxy) is 1. The Morgan fingerprint density at radius 3 is 2.37 bits per heavy atom. The quantitative estimate of drug-likeness (QED) is 0.528. The third-order valence-electron chi connectivity index (χ3n) is 6.52. The van der Waals surface area contributed by atoms with Gasteiger partial charge in [0.2, 0.25) is 0 Å². The number of carbonyl (C=O) groups excluding carboxylic acids is 2. The average Bonchev–Trinajstić information content (AvgIpc) is 3.60. The number of amides is 2.